The van der Waals surface area contributed by atoms with E-state index in [4.69, 9.17) is 0 Å². The molecule has 0 aliphatic heterocycles. The molecule has 0 spiro atoms. The highest BCUT2D eigenvalue weighted by Crippen LogP contribution is 2.36. The molecule has 2 unspecified atom stereocenters. The first-order valence-corrected chi connectivity index (χ1v) is 9.41. The molecule has 0 aromatic heterocycles. The lowest BCUT2D eigenvalue weighted by Gasteiger charge is -2.12. The molecule has 1 aliphatic carbocycles. The highest BCUT2D eigenvalue weighted by atomic mass is 19.2. The van der Waals surface area contributed by atoms with Crippen LogP contribution in [0.2, 0.25) is 0 Å². The van der Waals surface area contributed by atoms with E-state index >= 15 is 0 Å². The van der Waals surface area contributed by atoms with Crippen LogP contribution in [0.4, 0.5) is 17.6 Å². The van der Waals surface area contributed by atoms with Crippen molar-refractivity contribution in [2.24, 2.45) is 11.8 Å². The van der Waals surface area contributed by atoms with Gasteiger partial charge in [-0.2, -0.15) is 0 Å². The van der Waals surface area contributed by atoms with Gasteiger partial charge in [0.2, 0.25) is 0 Å². The summed E-state index contributed by atoms with van der Waals surface area (Å²) in [6, 6.07) is 6.38. The fourth-order valence-corrected chi connectivity index (χ4v) is 4.14. The van der Waals surface area contributed by atoms with Crippen molar-refractivity contribution in [3.63, 3.8) is 0 Å². The standard InChI is InChI=1S/C22H24F4/c1-2-3-14-4-5-15(10-14)6-7-16-8-9-18(19(23)11-16)17-12-20(24)22(26)21(25)13-17/h8-9,11-15H,2-7,10H2,1H3. The zero-order valence-electron chi connectivity index (χ0n) is 15.0. The molecule has 2 aromatic rings. The van der Waals surface area contributed by atoms with Crippen LogP contribution in [-0.2, 0) is 6.42 Å². The number of aryl methyl sites for hydroxylation is 1. The molecular formula is C22H24F4. The molecule has 1 fully saturated rings. The van der Waals surface area contributed by atoms with Gasteiger partial charge in [0.1, 0.15) is 5.82 Å². The summed E-state index contributed by atoms with van der Waals surface area (Å²) >= 11 is 0. The minimum Gasteiger partial charge on any atom is -0.206 e. The second kappa shape index (κ2) is 8.24. The molecule has 2 aromatic carbocycles. The van der Waals surface area contributed by atoms with E-state index in [1.165, 1.54) is 44.2 Å². The molecule has 0 radical (unpaired) electrons. The maximum Gasteiger partial charge on any atom is 0.194 e. The maximum atomic E-state index is 14.4. The number of benzene rings is 2. The van der Waals surface area contributed by atoms with Gasteiger partial charge in [-0.1, -0.05) is 44.7 Å². The Morgan fingerprint density at radius 1 is 0.846 bits per heavy atom. The Hall–Kier alpha value is -1.84. The Bertz CT molecular complexity index is 746. The minimum atomic E-state index is -1.54. The Morgan fingerprint density at radius 2 is 1.50 bits per heavy atom. The second-order valence-corrected chi connectivity index (χ2v) is 7.44. The molecule has 0 nitrogen and oxygen atoms in total. The summed E-state index contributed by atoms with van der Waals surface area (Å²) < 4.78 is 54.3. The average Bonchev–Trinajstić information content (AvgIpc) is 3.05. The van der Waals surface area contributed by atoms with Crippen molar-refractivity contribution >= 4 is 0 Å². The van der Waals surface area contributed by atoms with Crippen LogP contribution in [0.5, 0.6) is 0 Å². The van der Waals surface area contributed by atoms with Crippen LogP contribution in [-0.4, -0.2) is 0 Å². The number of hydrogen-bond donors (Lipinski definition) is 0. The van der Waals surface area contributed by atoms with Gasteiger partial charge in [0, 0.05) is 5.56 Å². The van der Waals surface area contributed by atoms with Crippen molar-refractivity contribution in [3.8, 4) is 11.1 Å². The van der Waals surface area contributed by atoms with E-state index in [9.17, 15) is 17.6 Å². The lowest BCUT2D eigenvalue weighted by Crippen LogP contribution is -2.00. The van der Waals surface area contributed by atoms with Crippen molar-refractivity contribution in [1.29, 1.82) is 0 Å². The molecule has 2 atom stereocenters. The van der Waals surface area contributed by atoms with Crippen LogP contribution in [0.3, 0.4) is 0 Å². The molecule has 0 N–H and O–H groups in total. The first-order chi connectivity index (χ1) is 12.5. The highest BCUT2D eigenvalue weighted by molar-refractivity contribution is 5.64. The van der Waals surface area contributed by atoms with E-state index in [-0.39, 0.29) is 11.1 Å². The molecule has 0 saturated heterocycles. The summed E-state index contributed by atoms with van der Waals surface area (Å²) in [5, 5.41) is 0. The summed E-state index contributed by atoms with van der Waals surface area (Å²) in [7, 11) is 0. The van der Waals surface area contributed by atoms with Gasteiger partial charge in [-0.05, 0) is 60.4 Å². The van der Waals surface area contributed by atoms with E-state index in [0.29, 0.717) is 5.92 Å². The fraction of sp³-hybridized carbons (Fsp3) is 0.455. The normalized spacial score (nSPS) is 19.9. The zero-order chi connectivity index (χ0) is 18.7. The van der Waals surface area contributed by atoms with Gasteiger partial charge in [-0.15, -0.1) is 0 Å². The Morgan fingerprint density at radius 3 is 2.12 bits per heavy atom. The number of halogens is 4. The van der Waals surface area contributed by atoms with E-state index in [0.717, 1.165) is 36.5 Å². The van der Waals surface area contributed by atoms with Crippen LogP contribution in [0, 0.1) is 35.1 Å². The molecule has 26 heavy (non-hydrogen) atoms. The third kappa shape index (κ3) is 4.28. The molecule has 140 valence electrons. The Labute approximate surface area is 152 Å². The Kier molecular flexibility index (Phi) is 6.00. The monoisotopic (exact) mass is 364 g/mol. The van der Waals surface area contributed by atoms with Crippen LogP contribution in [0.1, 0.15) is 51.0 Å². The molecule has 0 amide bonds. The fourth-order valence-electron chi connectivity index (χ4n) is 4.14. The van der Waals surface area contributed by atoms with Crippen molar-refractivity contribution in [2.75, 3.05) is 0 Å². The summed E-state index contributed by atoms with van der Waals surface area (Å²) in [5.41, 5.74) is 0.965. The van der Waals surface area contributed by atoms with Gasteiger partial charge in [0.25, 0.3) is 0 Å². The number of hydrogen-bond acceptors (Lipinski definition) is 0. The SMILES string of the molecule is CCCC1CCC(CCc2ccc(-c3cc(F)c(F)c(F)c3)c(F)c2)C1. The molecular weight excluding hydrogens is 340 g/mol. The van der Waals surface area contributed by atoms with Gasteiger partial charge >= 0.3 is 0 Å². The maximum absolute atomic E-state index is 14.4. The quantitative estimate of drug-likeness (QED) is 0.380. The van der Waals surface area contributed by atoms with Gasteiger partial charge < -0.3 is 0 Å². The molecule has 4 heteroatoms. The third-order valence-electron chi connectivity index (χ3n) is 5.52. The summed E-state index contributed by atoms with van der Waals surface area (Å²) in [4.78, 5) is 0. The molecule has 1 saturated carbocycles. The van der Waals surface area contributed by atoms with E-state index in [1.807, 2.05) is 0 Å². The average molecular weight is 364 g/mol. The molecule has 0 heterocycles. The van der Waals surface area contributed by atoms with Crippen LogP contribution in [0.15, 0.2) is 30.3 Å². The zero-order valence-corrected chi connectivity index (χ0v) is 15.0. The minimum absolute atomic E-state index is 0.00338. The third-order valence-corrected chi connectivity index (χ3v) is 5.52. The highest BCUT2D eigenvalue weighted by Gasteiger charge is 2.23. The predicted octanol–water partition coefficient (Wildman–Crippen LogP) is 7.06. The largest absolute Gasteiger partial charge is 0.206 e. The Balaban J connectivity index is 1.67. The summed E-state index contributed by atoms with van der Waals surface area (Å²) in [5.74, 6) is -3.16. The first-order valence-electron chi connectivity index (χ1n) is 9.41. The van der Waals surface area contributed by atoms with Crippen molar-refractivity contribution < 1.29 is 17.6 Å². The summed E-state index contributed by atoms with van der Waals surface area (Å²) in [6.45, 7) is 2.22. The second-order valence-electron chi connectivity index (χ2n) is 7.44. The molecule has 3 rings (SSSR count). The van der Waals surface area contributed by atoms with Gasteiger partial charge in [-0.3, -0.25) is 0 Å². The van der Waals surface area contributed by atoms with Crippen LogP contribution < -0.4 is 0 Å². The van der Waals surface area contributed by atoms with Gasteiger partial charge in [0.05, 0.1) is 0 Å². The van der Waals surface area contributed by atoms with Crippen LogP contribution in [0.25, 0.3) is 11.1 Å². The topological polar surface area (TPSA) is 0 Å². The smallest absolute Gasteiger partial charge is 0.194 e. The van der Waals surface area contributed by atoms with Crippen LogP contribution >= 0.6 is 0 Å². The lowest BCUT2D eigenvalue weighted by atomic mass is 9.94. The van der Waals surface area contributed by atoms with E-state index in [2.05, 4.69) is 6.92 Å². The predicted molar refractivity (Wildman–Crippen MR) is 95.8 cm³/mol. The van der Waals surface area contributed by atoms with E-state index in [1.54, 1.807) is 6.07 Å². The van der Waals surface area contributed by atoms with Crippen molar-refractivity contribution in [2.45, 2.75) is 51.9 Å². The lowest BCUT2D eigenvalue weighted by molar-refractivity contribution is 0.443. The van der Waals surface area contributed by atoms with Gasteiger partial charge in [0.15, 0.2) is 17.5 Å². The van der Waals surface area contributed by atoms with E-state index < -0.39 is 23.3 Å². The first kappa shape index (κ1) is 18.9. The van der Waals surface area contributed by atoms with Crippen molar-refractivity contribution in [1.82, 2.24) is 0 Å². The van der Waals surface area contributed by atoms with Gasteiger partial charge in [-0.25, -0.2) is 17.6 Å². The summed E-state index contributed by atoms with van der Waals surface area (Å²) in [6.07, 6.45) is 8.18. The van der Waals surface area contributed by atoms with Crippen molar-refractivity contribution in [3.05, 3.63) is 59.2 Å². The molecule has 1 aliphatic rings. The molecule has 0 bridgehead atoms. The number of rotatable bonds is 6.